The van der Waals surface area contributed by atoms with Crippen molar-refractivity contribution in [3.8, 4) is 0 Å². The summed E-state index contributed by atoms with van der Waals surface area (Å²) in [6.07, 6.45) is 0. The fourth-order valence-corrected chi connectivity index (χ4v) is 3.67. The van der Waals surface area contributed by atoms with Gasteiger partial charge in [-0.05, 0) is 36.8 Å². The number of nitrogens with one attached hydrogen (secondary N) is 2. The predicted octanol–water partition coefficient (Wildman–Crippen LogP) is 2.34. The van der Waals surface area contributed by atoms with Gasteiger partial charge in [-0.25, -0.2) is 14.4 Å². The lowest BCUT2D eigenvalue weighted by Crippen LogP contribution is -2.28. The number of rotatable bonds is 4. The lowest BCUT2D eigenvalue weighted by atomic mass is 9.94. The van der Waals surface area contributed by atoms with E-state index in [1.807, 2.05) is 12.1 Å². The molecular formula is C20H20FN5O. The Morgan fingerprint density at radius 2 is 2.04 bits per heavy atom. The Labute approximate surface area is 156 Å². The van der Waals surface area contributed by atoms with Crippen molar-refractivity contribution in [2.45, 2.75) is 18.9 Å². The molecule has 0 bridgehead atoms. The average molecular weight is 365 g/mol. The lowest BCUT2D eigenvalue weighted by molar-refractivity contribution is 0.100. The monoisotopic (exact) mass is 365 g/mol. The fraction of sp³-hybridized carbons (Fsp3) is 0.250. The highest BCUT2D eigenvalue weighted by molar-refractivity contribution is 6.07. The summed E-state index contributed by atoms with van der Waals surface area (Å²) in [6.45, 7) is 3.25. The Kier molecular flexibility index (Phi) is 4.45. The number of hydrogen-bond donors (Lipinski definition) is 3. The maximum Gasteiger partial charge on any atom is 0.250 e. The molecule has 4 rings (SSSR count). The van der Waals surface area contributed by atoms with Gasteiger partial charge in [-0.15, -0.1) is 0 Å². The molecule has 2 aromatic carbocycles. The van der Waals surface area contributed by atoms with Gasteiger partial charge >= 0.3 is 0 Å². The van der Waals surface area contributed by atoms with Crippen molar-refractivity contribution < 1.29 is 9.18 Å². The number of amides is 1. The van der Waals surface area contributed by atoms with E-state index in [9.17, 15) is 9.18 Å². The topological polar surface area (TPSA) is 92.9 Å². The number of hydrogen-bond acceptors (Lipinski definition) is 5. The third kappa shape index (κ3) is 3.33. The second-order valence-electron chi connectivity index (χ2n) is 6.76. The van der Waals surface area contributed by atoms with Crippen LogP contribution in [-0.2, 0) is 0 Å². The Morgan fingerprint density at radius 3 is 2.81 bits per heavy atom. The maximum atomic E-state index is 13.7. The Bertz CT molecular complexity index is 1020. The second kappa shape index (κ2) is 6.92. The SMILES string of the molecule is Cc1nc(N[C@H]2CNC[C@H]2c2cccc(F)c2)c2cccc(C(N)=O)c2n1. The predicted molar refractivity (Wildman–Crippen MR) is 102 cm³/mol. The van der Waals surface area contributed by atoms with Gasteiger partial charge in [0, 0.05) is 30.4 Å². The molecule has 138 valence electrons. The molecule has 1 aliphatic rings. The molecule has 1 aromatic heterocycles. The minimum Gasteiger partial charge on any atom is -0.366 e. The number of aromatic nitrogens is 2. The van der Waals surface area contributed by atoms with Gasteiger partial charge in [-0.2, -0.15) is 0 Å². The molecule has 0 saturated carbocycles. The van der Waals surface area contributed by atoms with Crippen molar-refractivity contribution in [1.82, 2.24) is 15.3 Å². The Morgan fingerprint density at radius 1 is 1.22 bits per heavy atom. The Hall–Kier alpha value is -3.06. The number of anilines is 1. The fourth-order valence-electron chi connectivity index (χ4n) is 3.67. The summed E-state index contributed by atoms with van der Waals surface area (Å²) in [6, 6.07) is 12.0. The van der Waals surface area contributed by atoms with Crippen molar-refractivity contribution in [3.63, 3.8) is 0 Å². The van der Waals surface area contributed by atoms with E-state index >= 15 is 0 Å². The number of nitrogens with two attached hydrogens (primary N) is 1. The van der Waals surface area contributed by atoms with E-state index in [-0.39, 0.29) is 17.8 Å². The van der Waals surface area contributed by atoms with Crippen LogP contribution in [0.3, 0.4) is 0 Å². The molecule has 0 unspecified atom stereocenters. The molecule has 7 heteroatoms. The Balaban J connectivity index is 1.73. The van der Waals surface area contributed by atoms with Gasteiger partial charge in [-0.3, -0.25) is 4.79 Å². The lowest BCUT2D eigenvalue weighted by Gasteiger charge is -2.22. The number of fused-ring (bicyclic) bond motifs is 1. The largest absolute Gasteiger partial charge is 0.366 e. The summed E-state index contributed by atoms with van der Waals surface area (Å²) in [5.41, 5.74) is 7.33. The van der Waals surface area contributed by atoms with E-state index in [0.29, 0.717) is 22.7 Å². The summed E-state index contributed by atoms with van der Waals surface area (Å²) in [5.74, 6) is 0.533. The summed E-state index contributed by atoms with van der Waals surface area (Å²) < 4.78 is 13.7. The third-order valence-corrected chi connectivity index (χ3v) is 4.92. The van der Waals surface area contributed by atoms with Gasteiger partial charge in [0.25, 0.3) is 5.91 Å². The first kappa shape index (κ1) is 17.4. The van der Waals surface area contributed by atoms with E-state index in [1.54, 1.807) is 31.2 Å². The van der Waals surface area contributed by atoms with Crippen LogP contribution in [0.1, 0.15) is 27.7 Å². The van der Waals surface area contributed by atoms with Crippen LogP contribution in [0, 0.1) is 12.7 Å². The molecule has 0 spiro atoms. The normalized spacial score (nSPS) is 19.3. The average Bonchev–Trinajstić information content (AvgIpc) is 3.09. The zero-order chi connectivity index (χ0) is 19.0. The van der Waals surface area contributed by atoms with Crippen molar-refractivity contribution in [2.75, 3.05) is 18.4 Å². The highest BCUT2D eigenvalue weighted by atomic mass is 19.1. The zero-order valence-electron chi connectivity index (χ0n) is 14.9. The second-order valence-corrected chi connectivity index (χ2v) is 6.76. The number of aryl methyl sites for hydroxylation is 1. The molecule has 27 heavy (non-hydrogen) atoms. The van der Waals surface area contributed by atoms with Gasteiger partial charge in [0.05, 0.1) is 11.1 Å². The highest BCUT2D eigenvalue weighted by Crippen LogP contribution is 2.29. The van der Waals surface area contributed by atoms with Crippen LogP contribution >= 0.6 is 0 Å². The molecule has 1 saturated heterocycles. The number of halogens is 1. The van der Waals surface area contributed by atoms with Crippen LogP contribution in [0.25, 0.3) is 10.9 Å². The zero-order valence-corrected chi connectivity index (χ0v) is 14.9. The maximum absolute atomic E-state index is 13.7. The third-order valence-electron chi connectivity index (χ3n) is 4.92. The first-order valence-electron chi connectivity index (χ1n) is 8.83. The number of carbonyl (C=O) groups excluding carboxylic acids is 1. The number of para-hydroxylation sites is 1. The molecule has 0 aliphatic carbocycles. The highest BCUT2D eigenvalue weighted by Gasteiger charge is 2.29. The molecular weight excluding hydrogens is 345 g/mol. The van der Waals surface area contributed by atoms with Crippen LogP contribution < -0.4 is 16.4 Å². The smallest absolute Gasteiger partial charge is 0.250 e. The van der Waals surface area contributed by atoms with Gasteiger partial charge in [-0.1, -0.05) is 18.2 Å². The van der Waals surface area contributed by atoms with E-state index < -0.39 is 5.91 Å². The van der Waals surface area contributed by atoms with Crippen LogP contribution in [0.5, 0.6) is 0 Å². The van der Waals surface area contributed by atoms with Gasteiger partial charge in [0.1, 0.15) is 17.5 Å². The molecule has 2 heterocycles. The quantitative estimate of drug-likeness (QED) is 0.660. The first-order chi connectivity index (χ1) is 13.0. The number of primary amides is 1. The molecule has 0 radical (unpaired) electrons. The molecule has 1 aliphatic heterocycles. The molecule has 2 atom stereocenters. The number of nitrogens with zero attached hydrogens (tertiary/aromatic N) is 2. The summed E-state index contributed by atoms with van der Waals surface area (Å²) in [5, 5.41) is 7.56. The number of carbonyl (C=O) groups is 1. The van der Waals surface area contributed by atoms with E-state index in [0.717, 1.165) is 24.0 Å². The molecule has 1 amide bonds. The summed E-state index contributed by atoms with van der Waals surface area (Å²) in [7, 11) is 0. The van der Waals surface area contributed by atoms with Crippen LogP contribution in [0.4, 0.5) is 10.2 Å². The standard InChI is InChI=1S/C20H20FN5O/c1-11-24-18-14(19(22)27)6-3-7-15(18)20(25-11)26-17-10-23-9-16(17)12-4-2-5-13(21)8-12/h2-8,16-17,23H,9-10H2,1H3,(H2,22,27)(H,24,25,26)/t16-,17-/m0/s1. The van der Waals surface area contributed by atoms with Crippen LogP contribution in [-0.4, -0.2) is 35.0 Å². The van der Waals surface area contributed by atoms with Crippen molar-refractivity contribution >= 4 is 22.6 Å². The first-order valence-corrected chi connectivity index (χ1v) is 8.83. The van der Waals surface area contributed by atoms with Crippen molar-refractivity contribution in [1.29, 1.82) is 0 Å². The van der Waals surface area contributed by atoms with Gasteiger partial charge in [0.2, 0.25) is 0 Å². The van der Waals surface area contributed by atoms with E-state index in [4.69, 9.17) is 5.73 Å². The summed E-state index contributed by atoms with van der Waals surface area (Å²) >= 11 is 0. The molecule has 4 N–H and O–H groups in total. The minimum atomic E-state index is -0.523. The van der Waals surface area contributed by atoms with E-state index in [1.165, 1.54) is 6.07 Å². The molecule has 1 fully saturated rings. The van der Waals surface area contributed by atoms with E-state index in [2.05, 4.69) is 20.6 Å². The van der Waals surface area contributed by atoms with Crippen LogP contribution in [0.15, 0.2) is 42.5 Å². The molecule has 3 aromatic rings. The van der Waals surface area contributed by atoms with Gasteiger partial charge in [0.15, 0.2) is 0 Å². The minimum absolute atomic E-state index is 0.0292. The van der Waals surface area contributed by atoms with Crippen molar-refractivity contribution in [3.05, 3.63) is 65.2 Å². The number of benzene rings is 2. The van der Waals surface area contributed by atoms with Gasteiger partial charge < -0.3 is 16.4 Å². The van der Waals surface area contributed by atoms with Crippen LogP contribution in [0.2, 0.25) is 0 Å². The summed E-state index contributed by atoms with van der Waals surface area (Å²) in [4.78, 5) is 20.7. The molecule has 6 nitrogen and oxygen atoms in total. The van der Waals surface area contributed by atoms with Crippen molar-refractivity contribution in [2.24, 2.45) is 5.73 Å².